The maximum atomic E-state index is 12.3. The van der Waals surface area contributed by atoms with Crippen LogP contribution in [0.4, 0.5) is 4.79 Å². The highest BCUT2D eigenvalue weighted by molar-refractivity contribution is 7.99. The minimum atomic E-state index is -0.407. The Labute approximate surface area is 174 Å². The number of carbonyl (C=O) groups excluding carboxylic acids is 2. The van der Waals surface area contributed by atoms with Crippen LogP contribution in [0.5, 0.6) is 0 Å². The molecule has 2 aromatic rings. The summed E-state index contributed by atoms with van der Waals surface area (Å²) in [5.41, 5.74) is 0.955. The quantitative estimate of drug-likeness (QED) is 0.704. The largest absolute Gasteiger partial charge is 0.335 e. The first-order valence-corrected chi connectivity index (χ1v) is 11.2. The number of hydrogen-bond acceptors (Lipinski definition) is 6. The van der Waals surface area contributed by atoms with Gasteiger partial charge in [0.25, 0.3) is 0 Å². The zero-order valence-corrected chi connectivity index (χ0v) is 17.3. The number of carbonyl (C=O) groups is 2. The highest BCUT2D eigenvalue weighted by Gasteiger charge is 2.30. The molecule has 0 spiro atoms. The molecule has 0 aromatic carbocycles. The monoisotopic (exact) mass is 414 g/mol. The van der Waals surface area contributed by atoms with Crippen molar-refractivity contribution in [3.63, 3.8) is 0 Å². The van der Waals surface area contributed by atoms with E-state index in [2.05, 4.69) is 37.3 Å². The average molecular weight is 415 g/mol. The fraction of sp³-hybridized carbons (Fsp3) is 0.550. The summed E-state index contributed by atoms with van der Waals surface area (Å²) in [6.07, 6.45) is 10.0. The predicted octanol–water partition coefficient (Wildman–Crippen LogP) is 3.17. The van der Waals surface area contributed by atoms with E-state index in [0.717, 1.165) is 43.5 Å². The summed E-state index contributed by atoms with van der Waals surface area (Å²) in [6.45, 7) is 2.15. The number of nitrogens with one attached hydrogen (secondary N) is 2. The molecule has 0 unspecified atom stereocenters. The number of hydrogen-bond donors (Lipinski definition) is 2. The summed E-state index contributed by atoms with van der Waals surface area (Å²) in [5, 5.41) is 14.7. The standard InChI is InChI=1S/C20H26N6O2S/c1-13-4-2-3-5-16(13)22-19(28)23-17(27)12-29-20-25-24-18(26(20)15-6-7-15)14-8-10-21-11-9-14/h8-11,13,15-16H,2-7,12H2,1H3,(H2,22,23,27,28)/t13-,16+/m1/s1. The Kier molecular flexibility index (Phi) is 6.13. The van der Waals surface area contributed by atoms with E-state index in [-0.39, 0.29) is 17.7 Å². The van der Waals surface area contributed by atoms with Crippen molar-refractivity contribution in [3.05, 3.63) is 24.5 Å². The molecule has 2 saturated carbocycles. The number of amides is 3. The lowest BCUT2D eigenvalue weighted by molar-refractivity contribution is -0.117. The van der Waals surface area contributed by atoms with Gasteiger partial charge >= 0.3 is 6.03 Å². The third-order valence-electron chi connectivity index (χ3n) is 5.53. The molecular formula is C20H26N6O2S. The average Bonchev–Trinajstić information content (AvgIpc) is 3.47. The number of thioether (sulfide) groups is 1. The molecule has 3 amide bonds. The predicted molar refractivity (Wildman–Crippen MR) is 110 cm³/mol. The first-order valence-electron chi connectivity index (χ1n) is 10.2. The maximum Gasteiger partial charge on any atom is 0.321 e. The number of urea groups is 1. The second kappa shape index (κ2) is 8.94. The summed E-state index contributed by atoms with van der Waals surface area (Å²) in [6, 6.07) is 3.91. The fourth-order valence-electron chi connectivity index (χ4n) is 3.76. The molecule has 2 aliphatic carbocycles. The molecule has 8 nitrogen and oxygen atoms in total. The SMILES string of the molecule is C[C@@H]1CCCC[C@@H]1NC(=O)NC(=O)CSc1nnc(-c2ccncc2)n1C1CC1. The van der Waals surface area contributed by atoms with Gasteiger partial charge in [0.05, 0.1) is 5.75 Å². The van der Waals surface area contributed by atoms with Crippen molar-refractivity contribution in [1.82, 2.24) is 30.4 Å². The molecule has 9 heteroatoms. The van der Waals surface area contributed by atoms with Crippen molar-refractivity contribution in [2.75, 3.05) is 5.75 Å². The molecule has 29 heavy (non-hydrogen) atoms. The van der Waals surface area contributed by atoms with Crippen LogP contribution in [0.25, 0.3) is 11.4 Å². The van der Waals surface area contributed by atoms with Crippen molar-refractivity contribution in [2.45, 2.75) is 62.7 Å². The second-order valence-electron chi connectivity index (χ2n) is 7.82. The van der Waals surface area contributed by atoms with E-state index in [1.807, 2.05) is 12.1 Å². The molecule has 0 saturated heterocycles. The maximum absolute atomic E-state index is 12.3. The molecule has 154 valence electrons. The Hall–Kier alpha value is -2.42. The Bertz CT molecular complexity index is 867. The molecular weight excluding hydrogens is 388 g/mol. The van der Waals surface area contributed by atoms with Gasteiger partial charge in [-0.15, -0.1) is 10.2 Å². The van der Waals surface area contributed by atoms with Crippen LogP contribution in [0, 0.1) is 5.92 Å². The van der Waals surface area contributed by atoms with Crippen molar-refractivity contribution in [2.24, 2.45) is 5.92 Å². The topological polar surface area (TPSA) is 102 Å². The third kappa shape index (κ3) is 4.95. The van der Waals surface area contributed by atoms with Gasteiger partial charge in [0.1, 0.15) is 0 Å². The molecule has 0 aliphatic heterocycles. The van der Waals surface area contributed by atoms with Crippen LogP contribution in [-0.4, -0.2) is 43.5 Å². The Balaban J connectivity index is 1.33. The lowest BCUT2D eigenvalue weighted by Gasteiger charge is -2.29. The van der Waals surface area contributed by atoms with E-state index in [0.29, 0.717) is 17.1 Å². The molecule has 0 bridgehead atoms. The third-order valence-corrected chi connectivity index (χ3v) is 6.47. The number of rotatable bonds is 6. The van der Waals surface area contributed by atoms with Crippen LogP contribution in [-0.2, 0) is 4.79 Å². The molecule has 2 fully saturated rings. The van der Waals surface area contributed by atoms with Gasteiger partial charge in [-0.3, -0.25) is 19.7 Å². The van der Waals surface area contributed by atoms with Crippen LogP contribution < -0.4 is 10.6 Å². The summed E-state index contributed by atoms with van der Waals surface area (Å²) in [5.74, 6) is 1.03. The smallest absolute Gasteiger partial charge is 0.321 e. The van der Waals surface area contributed by atoms with Crippen LogP contribution in [0.3, 0.4) is 0 Å². The molecule has 4 rings (SSSR count). The van der Waals surface area contributed by atoms with E-state index in [4.69, 9.17) is 0 Å². The van der Waals surface area contributed by atoms with Gasteiger partial charge in [-0.25, -0.2) is 4.79 Å². The van der Waals surface area contributed by atoms with Gasteiger partial charge in [-0.05, 0) is 43.7 Å². The first-order chi connectivity index (χ1) is 14.1. The Morgan fingerprint density at radius 1 is 1.14 bits per heavy atom. The second-order valence-corrected chi connectivity index (χ2v) is 8.76. The summed E-state index contributed by atoms with van der Waals surface area (Å²) in [7, 11) is 0. The Morgan fingerprint density at radius 3 is 2.62 bits per heavy atom. The van der Waals surface area contributed by atoms with Crippen LogP contribution in [0.2, 0.25) is 0 Å². The minimum Gasteiger partial charge on any atom is -0.335 e. The van der Waals surface area contributed by atoms with Crippen LogP contribution in [0.15, 0.2) is 29.7 Å². The highest BCUT2D eigenvalue weighted by atomic mass is 32.2. The molecule has 2 aliphatic rings. The number of aromatic nitrogens is 4. The van der Waals surface area contributed by atoms with Gasteiger partial charge in [0.15, 0.2) is 11.0 Å². The molecule has 2 atom stereocenters. The lowest BCUT2D eigenvalue weighted by Crippen LogP contribution is -2.48. The van der Waals surface area contributed by atoms with E-state index < -0.39 is 6.03 Å². The normalized spacial score (nSPS) is 21.6. The van der Waals surface area contributed by atoms with Crippen molar-refractivity contribution in [3.8, 4) is 11.4 Å². The lowest BCUT2D eigenvalue weighted by atomic mass is 9.86. The van der Waals surface area contributed by atoms with Crippen molar-refractivity contribution in [1.29, 1.82) is 0 Å². The van der Waals surface area contributed by atoms with Gasteiger partial charge in [0, 0.05) is 30.0 Å². The summed E-state index contributed by atoms with van der Waals surface area (Å²) < 4.78 is 2.09. The van der Waals surface area contributed by atoms with Gasteiger partial charge in [-0.1, -0.05) is 31.5 Å². The van der Waals surface area contributed by atoms with E-state index in [9.17, 15) is 9.59 Å². The summed E-state index contributed by atoms with van der Waals surface area (Å²) in [4.78, 5) is 28.5. The highest BCUT2D eigenvalue weighted by Crippen LogP contribution is 2.40. The number of nitrogens with zero attached hydrogens (tertiary/aromatic N) is 4. The van der Waals surface area contributed by atoms with Crippen molar-refractivity contribution < 1.29 is 9.59 Å². The van der Waals surface area contributed by atoms with E-state index >= 15 is 0 Å². The molecule has 0 radical (unpaired) electrons. The van der Waals surface area contributed by atoms with E-state index in [1.165, 1.54) is 18.2 Å². The summed E-state index contributed by atoms with van der Waals surface area (Å²) >= 11 is 1.31. The molecule has 2 aromatic heterocycles. The van der Waals surface area contributed by atoms with Crippen LogP contribution in [0.1, 0.15) is 51.5 Å². The Morgan fingerprint density at radius 2 is 1.90 bits per heavy atom. The molecule has 2 N–H and O–H groups in total. The van der Waals surface area contributed by atoms with Gasteiger partial charge in [-0.2, -0.15) is 0 Å². The van der Waals surface area contributed by atoms with Crippen molar-refractivity contribution >= 4 is 23.7 Å². The first kappa shape index (κ1) is 19.9. The molecule has 2 heterocycles. The minimum absolute atomic E-state index is 0.120. The zero-order valence-electron chi connectivity index (χ0n) is 16.5. The number of pyridine rings is 1. The van der Waals surface area contributed by atoms with E-state index in [1.54, 1.807) is 12.4 Å². The van der Waals surface area contributed by atoms with Gasteiger partial charge < -0.3 is 5.32 Å². The van der Waals surface area contributed by atoms with Crippen LogP contribution >= 0.6 is 11.8 Å². The number of imide groups is 1. The van der Waals surface area contributed by atoms with Gasteiger partial charge in [0.2, 0.25) is 5.91 Å². The zero-order chi connectivity index (χ0) is 20.2. The fourth-order valence-corrected chi connectivity index (χ4v) is 4.57.